The summed E-state index contributed by atoms with van der Waals surface area (Å²) >= 11 is 7.55. The third kappa shape index (κ3) is 5.23. The van der Waals surface area contributed by atoms with Crippen molar-refractivity contribution in [3.63, 3.8) is 0 Å². The molecule has 0 saturated carbocycles. The van der Waals surface area contributed by atoms with Gasteiger partial charge in [0.2, 0.25) is 5.91 Å². The molecule has 0 atom stereocenters. The summed E-state index contributed by atoms with van der Waals surface area (Å²) in [5.74, 6) is 1.50. The fourth-order valence-electron chi connectivity index (χ4n) is 1.60. The molecule has 0 aliphatic carbocycles. The molecular formula is C15H15ClN2OS. The number of amides is 1. The van der Waals surface area contributed by atoms with E-state index >= 15 is 0 Å². The number of hydrogen-bond acceptors (Lipinski definition) is 3. The largest absolute Gasteiger partial charge is 0.311 e. The molecule has 1 amide bonds. The molecule has 1 aromatic heterocycles. The maximum Gasteiger partial charge on any atom is 0.225 e. The van der Waals surface area contributed by atoms with Crippen molar-refractivity contribution in [2.75, 3.05) is 11.1 Å². The van der Waals surface area contributed by atoms with Crippen LogP contribution < -0.4 is 5.32 Å². The van der Waals surface area contributed by atoms with Crippen LogP contribution in [0, 0.1) is 0 Å². The molecule has 0 aliphatic heterocycles. The Hall–Kier alpha value is -1.52. The van der Waals surface area contributed by atoms with Gasteiger partial charge in [0.1, 0.15) is 5.82 Å². The molecule has 1 aromatic carbocycles. The summed E-state index contributed by atoms with van der Waals surface area (Å²) in [6.07, 6.45) is 2.98. The minimum atomic E-state index is 0.000376. The lowest BCUT2D eigenvalue weighted by molar-refractivity contribution is -0.116. The topological polar surface area (TPSA) is 42.0 Å². The normalized spacial score (nSPS) is 10.2. The number of hydrogen-bond donors (Lipinski definition) is 1. The van der Waals surface area contributed by atoms with Crippen LogP contribution in [-0.2, 0) is 4.79 Å². The van der Waals surface area contributed by atoms with Crippen molar-refractivity contribution in [2.45, 2.75) is 17.7 Å². The molecule has 1 heterocycles. The number of anilines is 1. The SMILES string of the molecule is O=C(CCCSc1ccc(Cl)cc1)Nc1ccccn1. The lowest BCUT2D eigenvalue weighted by Gasteiger charge is -2.04. The van der Waals surface area contributed by atoms with E-state index in [1.165, 1.54) is 4.90 Å². The number of aromatic nitrogens is 1. The summed E-state index contributed by atoms with van der Waals surface area (Å²) in [6.45, 7) is 0. The Morgan fingerprint density at radius 1 is 1.20 bits per heavy atom. The first-order valence-electron chi connectivity index (χ1n) is 6.33. The summed E-state index contributed by atoms with van der Waals surface area (Å²) in [7, 11) is 0. The van der Waals surface area contributed by atoms with Gasteiger partial charge in [-0.25, -0.2) is 4.98 Å². The summed E-state index contributed by atoms with van der Waals surface area (Å²) in [5.41, 5.74) is 0. The fraction of sp³-hybridized carbons (Fsp3) is 0.200. The van der Waals surface area contributed by atoms with Gasteiger partial charge in [-0.05, 0) is 48.6 Å². The lowest BCUT2D eigenvalue weighted by atomic mass is 10.3. The molecule has 0 radical (unpaired) electrons. The number of pyridine rings is 1. The molecule has 0 bridgehead atoms. The molecule has 0 aliphatic rings. The maximum absolute atomic E-state index is 11.7. The van der Waals surface area contributed by atoms with Gasteiger partial charge in [-0.2, -0.15) is 0 Å². The molecule has 1 N–H and O–H groups in total. The van der Waals surface area contributed by atoms with Crippen molar-refractivity contribution in [1.29, 1.82) is 0 Å². The Bertz CT molecular complexity index is 546. The van der Waals surface area contributed by atoms with Gasteiger partial charge in [-0.1, -0.05) is 17.7 Å². The standard InChI is InChI=1S/C15H15ClN2OS/c16-12-6-8-13(9-7-12)20-11-3-5-15(19)18-14-4-1-2-10-17-14/h1-2,4,6-10H,3,5,11H2,(H,17,18,19). The first-order valence-corrected chi connectivity index (χ1v) is 7.69. The lowest BCUT2D eigenvalue weighted by Crippen LogP contribution is -2.12. The fourth-order valence-corrected chi connectivity index (χ4v) is 2.57. The number of halogens is 1. The van der Waals surface area contributed by atoms with E-state index in [0.717, 1.165) is 17.2 Å². The monoisotopic (exact) mass is 306 g/mol. The molecule has 0 unspecified atom stereocenters. The highest BCUT2D eigenvalue weighted by Crippen LogP contribution is 2.21. The highest BCUT2D eigenvalue weighted by atomic mass is 35.5. The molecule has 5 heteroatoms. The number of benzene rings is 1. The molecule has 104 valence electrons. The first kappa shape index (κ1) is 14.9. The van der Waals surface area contributed by atoms with Crippen molar-refractivity contribution in [1.82, 2.24) is 4.98 Å². The third-order valence-corrected chi connectivity index (χ3v) is 3.91. The minimum Gasteiger partial charge on any atom is -0.311 e. The van der Waals surface area contributed by atoms with Crippen molar-refractivity contribution >= 4 is 35.1 Å². The third-order valence-electron chi connectivity index (χ3n) is 2.56. The number of thioether (sulfide) groups is 1. The minimum absolute atomic E-state index is 0.000376. The van der Waals surface area contributed by atoms with Crippen LogP contribution in [0.1, 0.15) is 12.8 Å². The van der Waals surface area contributed by atoms with Gasteiger partial charge in [0, 0.05) is 22.5 Å². The van der Waals surface area contributed by atoms with Crippen LogP contribution in [0.4, 0.5) is 5.82 Å². The van der Waals surface area contributed by atoms with Crippen molar-refractivity contribution in [2.24, 2.45) is 0 Å². The number of nitrogens with one attached hydrogen (secondary N) is 1. The van der Waals surface area contributed by atoms with Crippen LogP contribution in [0.2, 0.25) is 5.02 Å². The smallest absolute Gasteiger partial charge is 0.225 e. The zero-order valence-electron chi connectivity index (χ0n) is 10.9. The first-order chi connectivity index (χ1) is 9.74. The highest BCUT2D eigenvalue weighted by molar-refractivity contribution is 7.99. The summed E-state index contributed by atoms with van der Waals surface area (Å²) in [5, 5.41) is 3.51. The van der Waals surface area contributed by atoms with Gasteiger partial charge < -0.3 is 5.32 Å². The predicted octanol–water partition coefficient (Wildman–Crippen LogP) is 4.25. The molecule has 0 saturated heterocycles. The average Bonchev–Trinajstić information content (AvgIpc) is 2.46. The van der Waals surface area contributed by atoms with E-state index in [1.54, 1.807) is 24.0 Å². The molecule has 2 aromatic rings. The Balaban J connectivity index is 1.66. The predicted molar refractivity (Wildman–Crippen MR) is 84.3 cm³/mol. The van der Waals surface area contributed by atoms with Gasteiger partial charge in [0.05, 0.1) is 0 Å². The van der Waals surface area contributed by atoms with E-state index in [4.69, 9.17) is 11.6 Å². The second-order valence-corrected chi connectivity index (χ2v) is 5.77. The van der Waals surface area contributed by atoms with Gasteiger partial charge in [0.25, 0.3) is 0 Å². The summed E-state index contributed by atoms with van der Waals surface area (Å²) < 4.78 is 0. The maximum atomic E-state index is 11.7. The van der Waals surface area contributed by atoms with Gasteiger partial charge in [-0.3, -0.25) is 4.79 Å². The second kappa shape index (κ2) is 7.92. The van der Waals surface area contributed by atoms with E-state index < -0.39 is 0 Å². The van der Waals surface area contributed by atoms with Crippen molar-refractivity contribution in [3.8, 4) is 0 Å². The Labute approximate surface area is 127 Å². The van der Waals surface area contributed by atoms with Gasteiger partial charge >= 0.3 is 0 Å². The van der Waals surface area contributed by atoms with Crippen LogP contribution in [0.5, 0.6) is 0 Å². The van der Waals surface area contributed by atoms with Crippen LogP contribution in [0.25, 0.3) is 0 Å². The molecule has 2 rings (SSSR count). The number of nitrogens with zero attached hydrogens (tertiary/aromatic N) is 1. The highest BCUT2D eigenvalue weighted by Gasteiger charge is 2.03. The summed E-state index contributed by atoms with van der Waals surface area (Å²) in [6, 6.07) is 13.2. The van der Waals surface area contributed by atoms with Crippen LogP contribution in [0.3, 0.4) is 0 Å². The van der Waals surface area contributed by atoms with E-state index in [2.05, 4.69) is 10.3 Å². The van der Waals surface area contributed by atoms with Crippen molar-refractivity contribution in [3.05, 3.63) is 53.7 Å². The molecule has 3 nitrogen and oxygen atoms in total. The van der Waals surface area contributed by atoms with Crippen LogP contribution >= 0.6 is 23.4 Å². The zero-order valence-corrected chi connectivity index (χ0v) is 12.5. The number of rotatable bonds is 6. The van der Waals surface area contributed by atoms with E-state index in [1.807, 2.05) is 36.4 Å². The molecule has 0 fully saturated rings. The molecule has 20 heavy (non-hydrogen) atoms. The zero-order chi connectivity index (χ0) is 14.2. The van der Waals surface area contributed by atoms with Crippen LogP contribution in [-0.4, -0.2) is 16.6 Å². The summed E-state index contributed by atoms with van der Waals surface area (Å²) in [4.78, 5) is 16.9. The molecule has 0 spiro atoms. The Kier molecular flexibility index (Phi) is 5.89. The average molecular weight is 307 g/mol. The number of carbonyl (C=O) groups excluding carboxylic acids is 1. The van der Waals surface area contributed by atoms with Crippen molar-refractivity contribution < 1.29 is 4.79 Å². The number of carbonyl (C=O) groups is 1. The van der Waals surface area contributed by atoms with E-state index in [-0.39, 0.29) is 5.91 Å². The Morgan fingerprint density at radius 3 is 2.70 bits per heavy atom. The quantitative estimate of drug-likeness (QED) is 0.641. The Morgan fingerprint density at radius 2 is 2.00 bits per heavy atom. The molecular weight excluding hydrogens is 292 g/mol. The van der Waals surface area contributed by atoms with Gasteiger partial charge in [-0.15, -0.1) is 11.8 Å². The van der Waals surface area contributed by atoms with E-state index in [9.17, 15) is 4.79 Å². The van der Waals surface area contributed by atoms with Gasteiger partial charge in [0.15, 0.2) is 0 Å². The van der Waals surface area contributed by atoms with E-state index in [0.29, 0.717) is 12.2 Å². The second-order valence-electron chi connectivity index (χ2n) is 4.17. The van der Waals surface area contributed by atoms with Crippen LogP contribution in [0.15, 0.2) is 53.6 Å².